The zero-order chi connectivity index (χ0) is 14.0. The van der Waals surface area contributed by atoms with Crippen molar-refractivity contribution in [1.29, 1.82) is 0 Å². The zero-order valence-corrected chi connectivity index (χ0v) is 10.8. The first-order chi connectivity index (χ1) is 9.01. The number of hydrogen-bond donors (Lipinski definition) is 0. The molecule has 2 aromatic rings. The number of aromatic nitrogens is 2. The van der Waals surface area contributed by atoms with Gasteiger partial charge in [-0.15, -0.1) is 0 Å². The summed E-state index contributed by atoms with van der Waals surface area (Å²) in [6, 6.07) is 4.76. The molecule has 1 heterocycles. The number of nitrogens with zero attached hydrogens (tertiary/aromatic N) is 2. The molecule has 0 radical (unpaired) electrons. The third-order valence-corrected chi connectivity index (χ3v) is 2.85. The lowest BCUT2D eigenvalue weighted by Crippen LogP contribution is -2.12. The molecule has 0 bridgehead atoms. The minimum absolute atomic E-state index is 0.0616. The molecule has 0 amide bonds. The predicted octanol–water partition coefficient (Wildman–Crippen LogP) is 2.92. The minimum Gasteiger partial charge on any atom is -0.292 e. The van der Waals surface area contributed by atoms with Gasteiger partial charge in [-0.3, -0.25) is 9.48 Å². The van der Waals surface area contributed by atoms with Gasteiger partial charge in [-0.1, -0.05) is 0 Å². The van der Waals surface area contributed by atoms with Crippen molar-refractivity contribution in [2.45, 2.75) is 26.8 Å². The lowest BCUT2D eigenvalue weighted by molar-refractivity contribution is 0.0981. The number of hydrogen-bond acceptors (Lipinski definition) is 2. The smallest absolute Gasteiger partial charge is 0.185 e. The van der Waals surface area contributed by atoms with Crippen LogP contribution in [0.5, 0.6) is 0 Å². The molecule has 0 saturated heterocycles. The second-order valence-electron chi connectivity index (χ2n) is 4.32. The average molecular weight is 264 g/mol. The van der Waals surface area contributed by atoms with Crippen molar-refractivity contribution in [2.24, 2.45) is 0 Å². The lowest BCUT2D eigenvalue weighted by Gasteiger charge is -2.05. The van der Waals surface area contributed by atoms with Crippen LogP contribution in [0.15, 0.2) is 24.3 Å². The van der Waals surface area contributed by atoms with Crippen LogP contribution in [0.3, 0.4) is 0 Å². The van der Waals surface area contributed by atoms with Crippen LogP contribution in [-0.2, 0) is 13.0 Å². The van der Waals surface area contributed by atoms with E-state index in [4.69, 9.17) is 0 Å². The van der Waals surface area contributed by atoms with E-state index in [0.29, 0.717) is 12.2 Å². The molecule has 0 fully saturated rings. The van der Waals surface area contributed by atoms with Gasteiger partial charge in [0, 0.05) is 13.0 Å². The normalized spacial score (nSPS) is 10.7. The van der Waals surface area contributed by atoms with Crippen LogP contribution in [-0.4, -0.2) is 15.6 Å². The fourth-order valence-corrected chi connectivity index (χ4v) is 1.95. The highest BCUT2D eigenvalue weighted by molar-refractivity contribution is 5.96. The molecule has 0 atom stereocenters. The maximum atomic E-state index is 13.5. The highest BCUT2D eigenvalue weighted by Crippen LogP contribution is 2.14. The van der Waals surface area contributed by atoms with E-state index in [0.717, 1.165) is 23.9 Å². The first kappa shape index (κ1) is 13.4. The average Bonchev–Trinajstić information content (AvgIpc) is 2.75. The van der Waals surface area contributed by atoms with E-state index in [1.54, 1.807) is 17.7 Å². The Morgan fingerprint density at radius 1 is 1.32 bits per heavy atom. The molecular formula is C14H14F2N2O. The second kappa shape index (κ2) is 5.30. The van der Waals surface area contributed by atoms with E-state index < -0.39 is 11.6 Å². The molecule has 19 heavy (non-hydrogen) atoms. The van der Waals surface area contributed by atoms with Gasteiger partial charge in [0.15, 0.2) is 5.78 Å². The topological polar surface area (TPSA) is 34.9 Å². The van der Waals surface area contributed by atoms with Crippen molar-refractivity contribution in [2.75, 3.05) is 0 Å². The Labute approximate surface area is 109 Å². The Kier molecular flexibility index (Phi) is 3.74. The van der Waals surface area contributed by atoms with Crippen molar-refractivity contribution < 1.29 is 13.6 Å². The SMILES string of the molecule is CCn1nc(C)cc1C(=O)Cc1cc(F)ccc1F. The summed E-state index contributed by atoms with van der Waals surface area (Å²) >= 11 is 0. The van der Waals surface area contributed by atoms with Gasteiger partial charge in [-0.25, -0.2) is 8.78 Å². The highest BCUT2D eigenvalue weighted by atomic mass is 19.1. The fraction of sp³-hybridized carbons (Fsp3) is 0.286. The number of rotatable bonds is 4. The lowest BCUT2D eigenvalue weighted by atomic mass is 10.1. The van der Waals surface area contributed by atoms with Crippen LogP contribution in [0.25, 0.3) is 0 Å². The molecule has 1 aromatic carbocycles. The molecule has 0 saturated carbocycles. The largest absolute Gasteiger partial charge is 0.292 e. The Morgan fingerprint density at radius 2 is 2.05 bits per heavy atom. The van der Waals surface area contributed by atoms with Gasteiger partial charge < -0.3 is 0 Å². The third-order valence-electron chi connectivity index (χ3n) is 2.85. The Bertz CT molecular complexity index is 620. The summed E-state index contributed by atoms with van der Waals surface area (Å²) < 4.78 is 28.1. The third kappa shape index (κ3) is 2.86. The van der Waals surface area contributed by atoms with E-state index in [1.807, 2.05) is 6.92 Å². The number of carbonyl (C=O) groups excluding carboxylic acids is 1. The Hall–Kier alpha value is -2.04. The molecule has 0 unspecified atom stereocenters. The van der Waals surface area contributed by atoms with Crippen molar-refractivity contribution in [3.63, 3.8) is 0 Å². The number of carbonyl (C=O) groups is 1. The minimum atomic E-state index is -0.575. The summed E-state index contributed by atoms with van der Waals surface area (Å²) in [7, 11) is 0. The molecule has 100 valence electrons. The van der Waals surface area contributed by atoms with Crippen molar-refractivity contribution in [3.8, 4) is 0 Å². The molecule has 0 aliphatic rings. The second-order valence-corrected chi connectivity index (χ2v) is 4.32. The Morgan fingerprint density at radius 3 is 2.74 bits per heavy atom. The van der Waals surface area contributed by atoms with E-state index >= 15 is 0 Å². The number of Topliss-reactive ketones (excluding diaryl/α,β-unsaturated/α-hetero) is 1. The molecule has 0 spiro atoms. The first-order valence-corrected chi connectivity index (χ1v) is 6.03. The number of ketones is 1. The molecular weight excluding hydrogens is 250 g/mol. The number of benzene rings is 1. The van der Waals surface area contributed by atoms with Crippen LogP contribution in [0.2, 0.25) is 0 Å². The van der Waals surface area contributed by atoms with Gasteiger partial charge in [-0.05, 0) is 43.7 Å². The van der Waals surface area contributed by atoms with Crippen molar-refractivity contribution >= 4 is 5.78 Å². The molecule has 0 aliphatic carbocycles. The maximum Gasteiger partial charge on any atom is 0.185 e. The summed E-state index contributed by atoms with van der Waals surface area (Å²) in [6.45, 7) is 4.21. The number of halogens is 2. The predicted molar refractivity (Wildman–Crippen MR) is 67.0 cm³/mol. The standard InChI is InChI=1S/C14H14F2N2O/c1-3-18-13(6-9(2)17-18)14(19)8-10-7-11(15)4-5-12(10)16/h4-7H,3,8H2,1-2H3. The van der Waals surface area contributed by atoms with Gasteiger partial charge in [0.2, 0.25) is 0 Å². The monoisotopic (exact) mass is 264 g/mol. The van der Waals surface area contributed by atoms with Crippen LogP contribution in [0.1, 0.15) is 28.7 Å². The quantitative estimate of drug-likeness (QED) is 0.796. The van der Waals surface area contributed by atoms with Crippen LogP contribution >= 0.6 is 0 Å². The molecule has 3 nitrogen and oxygen atoms in total. The van der Waals surface area contributed by atoms with E-state index in [2.05, 4.69) is 5.10 Å². The molecule has 1 aromatic heterocycles. The summed E-state index contributed by atoms with van der Waals surface area (Å²) in [6.07, 6.45) is -0.172. The molecule has 0 aliphatic heterocycles. The molecule has 5 heteroatoms. The summed E-state index contributed by atoms with van der Waals surface area (Å²) in [5, 5.41) is 4.16. The highest BCUT2D eigenvalue weighted by Gasteiger charge is 2.16. The maximum absolute atomic E-state index is 13.5. The van der Waals surface area contributed by atoms with Crippen LogP contribution in [0, 0.1) is 18.6 Å². The summed E-state index contributed by atoms with van der Waals surface area (Å²) in [5.41, 5.74) is 1.21. The summed E-state index contributed by atoms with van der Waals surface area (Å²) in [5.74, 6) is -1.40. The van der Waals surface area contributed by atoms with E-state index in [1.165, 1.54) is 0 Å². The zero-order valence-electron chi connectivity index (χ0n) is 10.8. The van der Waals surface area contributed by atoms with Gasteiger partial charge >= 0.3 is 0 Å². The van der Waals surface area contributed by atoms with Gasteiger partial charge in [-0.2, -0.15) is 5.10 Å². The van der Waals surface area contributed by atoms with Crippen molar-refractivity contribution in [3.05, 3.63) is 52.9 Å². The van der Waals surface area contributed by atoms with E-state index in [-0.39, 0.29) is 17.8 Å². The van der Waals surface area contributed by atoms with E-state index in [9.17, 15) is 13.6 Å². The Balaban J connectivity index is 2.27. The summed E-state index contributed by atoms with van der Waals surface area (Å²) in [4.78, 5) is 12.1. The fourth-order valence-electron chi connectivity index (χ4n) is 1.95. The van der Waals surface area contributed by atoms with Gasteiger partial charge in [0.25, 0.3) is 0 Å². The first-order valence-electron chi connectivity index (χ1n) is 6.03. The molecule has 2 rings (SSSR count). The van der Waals surface area contributed by atoms with Crippen LogP contribution < -0.4 is 0 Å². The van der Waals surface area contributed by atoms with Crippen LogP contribution in [0.4, 0.5) is 8.78 Å². The number of aryl methyl sites for hydroxylation is 2. The molecule has 0 N–H and O–H groups in total. The van der Waals surface area contributed by atoms with Crippen molar-refractivity contribution in [1.82, 2.24) is 9.78 Å². The van der Waals surface area contributed by atoms with Gasteiger partial charge in [0.05, 0.1) is 5.69 Å². The van der Waals surface area contributed by atoms with Gasteiger partial charge in [0.1, 0.15) is 17.3 Å².